The van der Waals surface area contributed by atoms with Crippen LogP contribution < -0.4 is 0 Å². The summed E-state index contributed by atoms with van der Waals surface area (Å²) in [7, 11) is 1.39. The molecule has 0 rings (SSSR count). The van der Waals surface area contributed by atoms with Crippen LogP contribution in [-0.2, 0) is 19.1 Å². The number of rotatable bonds is 7. The second kappa shape index (κ2) is 6.77. The van der Waals surface area contributed by atoms with E-state index in [2.05, 4.69) is 4.74 Å². The van der Waals surface area contributed by atoms with E-state index in [-0.39, 0.29) is 13.0 Å². The summed E-state index contributed by atoms with van der Waals surface area (Å²) in [4.78, 5) is 32.7. The lowest BCUT2D eigenvalue weighted by atomic mass is 10.3. The van der Waals surface area contributed by atoms with Gasteiger partial charge in [-0.3, -0.25) is 14.4 Å². The summed E-state index contributed by atoms with van der Waals surface area (Å²) in [6.45, 7) is -1.10. The Morgan fingerprint density at radius 2 is 1.60 bits per heavy atom. The lowest BCUT2D eigenvalue weighted by Crippen LogP contribution is -2.39. The average molecular weight is 219 g/mol. The SMILES string of the molecule is COCCC(=O)N(CC(=O)O)CC(=O)O. The van der Waals surface area contributed by atoms with Gasteiger partial charge in [0.25, 0.3) is 0 Å². The number of ether oxygens (including phenoxy) is 1. The van der Waals surface area contributed by atoms with Crippen LogP contribution in [0, 0.1) is 0 Å². The fourth-order valence-electron chi connectivity index (χ4n) is 0.906. The average Bonchev–Trinajstić information content (AvgIpc) is 2.11. The second-order valence-corrected chi connectivity index (χ2v) is 2.78. The number of carboxylic acid groups (broad SMARTS) is 2. The van der Waals surface area contributed by atoms with Gasteiger partial charge >= 0.3 is 11.9 Å². The predicted molar refractivity (Wildman–Crippen MR) is 48.3 cm³/mol. The van der Waals surface area contributed by atoms with Crippen molar-refractivity contribution in [3.05, 3.63) is 0 Å². The van der Waals surface area contributed by atoms with Crippen LogP contribution in [0.2, 0.25) is 0 Å². The van der Waals surface area contributed by atoms with E-state index >= 15 is 0 Å². The molecule has 1 amide bonds. The van der Waals surface area contributed by atoms with E-state index in [1.807, 2.05) is 0 Å². The molecule has 0 aliphatic carbocycles. The standard InChI is InChI=1S/C8H13NO6/c1-15-3-2-6(10)9(4-7(11)12)5-8(13)14/h2-5H2,1H3,(H,11,12)(H,13,14). The number of hydrogen-bond donors (Lipinski definition) is 2. The number of carboxylic acids is 2. The molecule has 0 saturated carbocycles. The van der Waals surface area contributed by atoms with Crippen LogP contribution >= 0.6 is 0 Å². The van der Waals surface area contributed by atoms with Gasteiger partial charge in [-0.1, -0.05) is 0 Å². The lowest BCUT2D eigenvalue weighted by molar-refractivity contribution is -0.149. The van der Waals surface area contributed by atoms with E-state index in [0.29, 0.717) is 0 Å². The molecular formula is C8H13NO6. The maximum absolute atomic E-state index is 11.3. The van der Waals surface area contributed by atoms with E-state index in [4.69, 9.17) is 10.2 Å². The number of methoxy groups -OCH3 is 1. The molecule has 0 aromatic carbocycles. The topological polar surface area (TPSA) is 104 Å². The molecule has 86 valence electrons. The van der Waals surface area contributed by atoms with E-state index in [1.54, 1.807) is 0 Å². The molecule has 0 atom stereocenters. The third-order valence-corrected chi connectivity index (χ3v) is 1.52. The van der Waals surface area contributed by atoms with Gasteiger partial charge in [0, 0.05) is 7.11 Å². The molecule has 0 bridgehead atoms. The van der Waals surface area contributed by atoms with E-state index in [1.165, 1.54) is 7.11 Å². The normalized spacial score (nSPS) is 9.67. The Labute approximate surface area is 86.2 Å². The monoisotopic (exact) mass is 219 g/mol. The summed E-state index contributed by atoms with van der Waals surface area (Å²) in [5, 5.41) is 16.9. The van der Waals surface area contributed by atoms with E-state index in [0.717, 1.165) is 4.90 Å². The van der Waals surface area contributed by atoms with Crippen molar-refractivity contribution in [1.82, 2.24) is 4.90 Å². The molecule has 0 spiro atoms. The first kappa shape index (κ1) is 13.4. The van der Waals surface area contributed by atoms with Crippen LogP contribution in [0.1, 0.15) is 6.42 Å². The van der Waals surface area contributed by atoms with Gasteiger partial charge in [-0.25, -0.2) is 0 Å². The number of hydrogen-bond acceptors (Lipinski definition) is 4. The number of carbonyl (C=O) groups excluding carboxylic acids is 1. The smallest absolute Gasteiger partial charge is 0.323 e. The van der Waals surface area contributed by atoms with Gasteiger partial charge in [0.1, 0.15) is 13.1 Å². The molecule has 0 aliphatic rings. The molecule has 0 saturated heterocycles. The molecule has 0 aromatic rings. The fraction of sp³-hybridized carbons (Fsp3) is 0.625. The highest BCUT2D eigenvalue weighted by molar-refractivity contribution is 5.85. The van der Waals surface area contributed by atoms with Gasteiger partial charge in [0.2, 0.25) is 5.91 Å². The third-order valence-electron chi connectivity index (χ3n) is 1.52. The predicted octanol–water partition coefficient (Wildman–Crippen LogP) is -0.979. The van der Waals surface area contributed by atoms with Crippen molar-refractivity contribution in [3.8, 4) is 0 Å². The van der Waals surface area contributed by atoms with Gasteiger partial charge < -0.3 is 19.8 Å². The van der Waals surface area contributed by atoms with Crippen molar-refractivity contribution >= 4 is 17.8 Å². The third kappa shape index (κ3) is 6.44. The van der Waals surface area contributed by atoms with Crippen LogP contribution in [0.5, 0.6) is 0 Å². The first-order valence-corrected chi connectivity index (χ1v) is 4.17. The Kier molecular flexibility index (Phi) is 6.03. The highest BCUT2D eigenvalue weighted by atomic mass is 16.5. The Balaban J connectivity index is 4.26. The molecule has 7 heteroatoms. The molecule has 2 N–H and O–H groups in total. The summed E-state index contributed by atoms with van der Waals surface area (Å²) in [6, 6.07) is 0. The largest absolute Gasteiger partial charge is 0.480 e. The molecule has 7 nitrogen and oxygen atoms in total. The zero-order valence-electron chi connectivity index (χ0n) is 8.30. The van der Waals surface area contributed by atoms with Crippen LogP contribution in [-0.4, -0.2) is 59.8 Å². The number of nitrogens with zero attached hydrogens (tertiary/aromatic N) is 1. The minimum absolute atomic E-state index is 0.0307. The zero-order chi connectivity index (χ0) is 11.8. The maximum Gasteiger partial charge on any atom is 0.323 e. The van der Waals surface area contributed by atoms with Crippen molar-refractivity contribution in [1.29, 1.82) is 0 Å². The maximum atomic E-state index is 11.3. The minimum Gasteiger partial charge on any atom is -0.480 e. The first-order valence-electron chi connectivity index (χ1n) is 4.17. The number of carbonyl (C=O) groups is 3. The number of amides is 1. The Hall–Kier alpha value is -1.63. The Morgan fingerprint density at radius 3 is 1.93 bits per heavy atom. The van der Waals surface area contributed by atoms with Crippen LogP contribution in [0.3, 0.4) is 0 Å². The molecule has 15 heavy (non-hydrogen) atoms. The van der Waals surface area contributed by atoms with Crippen molar-refractivity contribution in [3.63, 3.8) is 0 Å². The minimum atomic E-state index is -1.25. The van der Waals surface area contributed by atoms with E-state index in [9.17, 15) is 14.4 Å². The van der Waals surface area contributed by atoms with Gasteiger partial charge in [-0.2, -0.15) is 0 Å². The summed E-state index contributed by atoms with van der Waals surface area (Å²) in [5.74, 6) is -3.05. The molecular weight excluding hydrogens is 206 g/mol. The Morgan fingerprint density at radius 1 is 1.13 bits per heavy atom. The quantitative estimate of drug-likeness (QED) is 0.570. The molecule has 0 fully saturated rings. The van der Waals surface area contributed by atoms with Crippen molar-refractivity contribution in [2.24, 2.45) is 0 Å². The van der Waals surface area contributed by atoms with Crippen molar-refractivity contribution < 1.29 is 29.3 Å². The van der Waals surface area contributed by atoms with Crippen molar-refractivity contribution in [2.45, 2.75) is 6.42 Å². The van der Waals surface area contributed by atoms with Gasteiger partial charge in [0.05, 0.1) is 13.0 Å². The molecule has 0 aromatic heterocycles. The summed E-state index contributed by atoms with van der Waals surface area (Å²) in [6.07, 6.45) is -0.0307. The summed E-state index contributed by atoms with van der Waals surface area (Å²) >= 11 is 0. The zero-order valence-corrected chi connectivity index (χ0v) is 8.30. The second-order valence-electron chi connectivity index (χ2n) is 2.78. The highest BCUT2D eigenvalue weighted by Crippen LogP contribution is 1.95. The summed E-state index contributed by atoms with van der Waals surface area (Å²) in [5.41, 5.74) is 0. The van der Waals surface area contributed by atoms with Crippen LogP contribution in [0.15, 0.2) is 0 Å². The molecule has 0 unspecified atom stereocenters. The summed E-state index contributed by atoms with van der Waals surface area (Å²) < 4.78 is 4.63. The Bertz CT molecular complexity index is 236. The molecule has 0 radical (unpaired) electrons. The molecule has 0 heterocycles. The van der Waals surface area contributed by atoms with Crippen LogP contribution in [0.4, 0.5) is 0 Å². The molecule has 0 aliphatic heterocycles. The fourth-order valence-corrected chi connectivity index (χ4v) is 0.906. The van der Waals surface area contributed by atoms with Gasteiger partial charge in [-0.15, -0.1) is 0 Å². The van der Waals surface area contributed by atoms with Crippen molar-refractivity contribution in [2.75, 3.05) is 26.8 Å². The van der Waals surface area contributed by atoms with Gasteiger partial charge in [0.15, 0.2) is 0 Å². The van der Waals surface area contributed by atoms with Gasteiger partial charge in [-0.05, 0) is 0 Å². The van der Waals surface area contributed by atoms with E-state index < -0.39 is 30.9 Å². The number of aliphatic carboxylic acids is 2. The van der Waals surface area contributed by atoms with Crippen LogP contribution in [0.25, 0.3) is 0 Å². The first-order chi connectivity index (χ1) is 6.97. The highest BCUT2D eigenvalue weighted by Gasteiger charge is 2.18. The lowest BCUT2D eigenvalue weighted by Gasteiger charge is -2.17.